The fraction of sp³-hybridized carbons (Fsp3) is 0.706. The summed E-state index contributed by atoms with van der Waals surface area (Å²) < 4.78 is 1.83. The Bertz CT molecular complexity index is 537. The van der Waals surface area contributed by atoms with Crippen molar-refractivity contribution in [2.24, 2.45) is 5.92 Å². The number of aromatic nitrogens is 1. The average Bonchev–Trinajstić information content (AvgIpc) is 3.31. The number of hydrogen-bond acceptors (Lipinski definition) is 3. The maximum absolute atomic E-state index is 11.8. The molecule has 1 aromatic heterocycles. The highest BCUT2D eigenvalue weighted by molar-refractivity contribution is 5.00. The molecule has 2 fully saturated rings. The summed E-state index contributed by atoms with van der Waals surface area (Å²) in [6.45, 7) is 8.53. The summed E-state index contributed by atoms with van der Waals surface area (Å²) in [5, 5.41) is 3.75. The standard InChI is InChI=1S/C17H27N3O/c1-3-17(2)13-20(15(12-18-17)14-7-8-14)11-10-19-9-5-4-6-16(19)21/h4-6,9,14-15,18H,3,7-8,10-13H2,1-2H3. The third-order valence-corrected chi connectivity index (χ3v) is 5.23. The average molecular weight is 289 g/mol. The van der Waals surface area contributed by atoms with E-state index in [1.54, 1.807) is 6.07 Å². The van der Waals surface area contributed by atoms with Crippen LogP contribution >= 0.6 is 0 Å². The zero-order valence-electron chi connectivity index (χ0n) is 13.2. The van der Waals surface area contributed by atoms with E-state index in [1.807, 2.05) is 22.9 Å². The van der Waals surface area contributed by atoms with E-state index in [0.717, 1.165) is 38.5 Å². The second-order valence-corrected chi connectivity index (χ2v) is 6.90. The van der Waals surface area contributed by atoms with Crippen LogP contribution < -0.4 is 10.9 Å². The molecule has 1 aliphatic carbocycles. The summed E-state index contributed by atoms with van der Waals surface area (Å²) in [7, 11) is 0. The van der Waals surface area contributed by atoms with Gasteiger partial charge in [-0.15, -0.1) is 0 Å². The van der Waals surface area contributed by atoms with Gasteiger partial charge in [0.2, 0.25) is 0 Å². The van der Waals surface area contributed by atoms with Gasteiger partial charge >= 0.3 is 0 Å². The van der Waals surface area contributed by atoms with Gasteiger partial charge in [0, 0.05) is 50.0 Å². The first-order valence-corrected chi connectivity index (χ1v) is 8.26. The highest BCUT2D eigenvalue weighted by atomic mass is 16.1. The molecule has 0 bridgehead atoms. The molecule has 2 aliphatic rings. The van der Waals surface area contributed by atoms with Crippen molar-refractivity contribution in [3.05, 3.63) is 34.7 Å². The molecular weight excluding hydrogens is 262 g/mol. The highest BCUT2D eigenvalue weighted by Gasteiger charge is 2.41. The number of pyridine rings is 1. The maximum atomic E-state index is 11.8. The van der Waals surface area contributed by atoms with Crippen LogP contribution in [0, 0.1) is 5.92 Å². The monoisotopic (exact) mass is 289 g/mol. The first-order valence-electron chi connectivity index (χ1n) is 8.26. The molecule has 1 saturated carbocycles. The van der Waals surface area contributed by atoms with Crippen LogP contribution in [0.5, 0.6) is 0 Å². The molecule has 0 spiro atoms. The molecule has 2 atom stereocenters. The van der Waals surface area contributed by atoms with Gasteiger partial charge in [-0.1, -0.05) is 13.0 Å². The van der Waals surface area contributed by atoms with Crippen molar-refractivity contribution < 1.29 is 0 Å². The molecule has 1 aromatic rings. The normalized spacial score (nSPS) is 30.5. The van der Waals surface area contributed by atoms with Gasteiger partial charge in [0.05, 0.1) is 0 Å². The highest BCUT2D eigenvalue weighted by Crippen LogP contribution is 2.37. The molecule has 1 aliphatic heterocycles. The number of rotatable bonds is 5. The lowest BCUT2D eigenvalue weighted by Crippen LogP contribution is -2.63. The van der Waals surface area contributed by atoms with Crippen molar-refractivity contribution in [1.82, 2.24) is 14.8 Å². The largest absolute Gasteiger partial charge is 0.314 e. The van der Waals surface area contributed by atoms with Crippen LogP contribution in [0.2, 0.25) is 0 Å². The fourth-order valence-corrected chi connectivity index (χ4v) is 3.41. The van der Waals surface area contributed by atoms with Gasteiger partial charge in [0.1, 0.15) is 0 Å². The minimum Gasteiger partial charge on any atom is -0.314 e. The van der Waals surface area contributed by atoms with Gasteiger partial charge in [0.25, 0.3) is 5.56 Å². The Balaban J connectivity index is 1.68. The molecule has 2 unspecified atom stereocenters. The van der Waals surface area contributed by atoms with E-state index in [0.29, 0.717) is 6.04 Å². The van der Waals surface area contributed by atoms with E-state index in [-0.39, 0.29) is 11.1 Å². The lowest BCUT2D eigenvalue weighted by Gasteiger charge is -2.46. The summed E-state index contributed by atoms with van der Waals surface area (Å²) >= 11 is 0. The van der Waals surface area contributed by atoms with Crippen LogP contribution in [0.1, 0.15) is 33.1 Å². The molecule has 4 nitrogen and oxygen atoms in total. The second kappa shape index (κ2) is 5.93. The van der Waals surface area contributed by atoms with E-state index in [2.05, 4.69) is 24.1 Å². The lowest BCUT2D eigenvalue weighted by molar-refractivity contribution is 0.0694. The van der Waals surface area contributed by atoms with Crippen LogP contribution in [0.3, 0.4) is 0 Å². The molecule has 116 valence electrons. The Kier molecular flexibility index (Phi) is 4.18. The first-order chi connectivity index (χ1) is 10.1. The Labute approximate surface area is 127 Å². The van der Waals surface area contributed by atoms with Crippen LogP contribution in [0.15, 0.2) is 29.2 Å². The molecule has 0 radical (unpaired) electrons. The number of piperazine rings is 1. The van der Waals surface area contributed by atoms with Crippen molar-refractivity contribution in [3.63, 3.8) is 0 Å². The van der Waals surface area contributed by atoms with Gasteiger partial charge in [-0.2, -0.15) is 0 Å². The van der Waals surface area contributed by atoms with E-state index >= 15 is 0 Å². The van der Waals surface area contributed by atoms with Gasteiger partial charge in [-0.05, 0) is 38.2 Å². The summed E-state index contributed by atoms with van der Waals surface area (Å²) in [4.78, 5) is 14.5. The van der Waals surface area contributed by atoms with E-state index in [9.17, 15) is 4.79 Å². The Morgan fingerprint density at radius 3 is 2.81 bits per heavy atom. The van der Waals surface area contributed by atoms with E-state index in [1.165, 1.54) is 12.8 Å². The molecule has 21 heavy (non-hydrogen) atoms. The maximum Gasteiger partial charge on any atom is 0.250 e. The van der Waals surface area contributed by atoms with Gasteiger partial charge in [-0.3, -0.25) is 9.69 Å². The molecule has 1 saturated heterocycles. The van der Waals surface area contributed by atoms with Crippen molar-refractivity contribution >= 4 is 0 Å². The summed E-state index contributed by atoms with van der Waals surface area (Å²) in [5.74, 6) is 0.867. The Hall–Kier alpha value is -1.13. The number of hydrogen-bond donors (Lipinski definition) is 1. The third-order valence-electron chi connectivity index (χ3n) is 5.23. The van der Waals surface area contributed by atoms with Gasteiger partial charge in [-0.25, -0.2) is 0 Å². The fourth-order valence-electron chi connectivity index (χ4n) is 3.41. The minimum atomic E-state index is 0.105. The number of nitrogens with zero attached hydrogens (tertiary/aromatic N) is 2. The quantitative estimate of drug-likeness (QED) is 0.896. The summed E-state index contributed by atoms with van der Waals surface area (Å²) in [6, 6.07) is 6.05. The summed E-state index contributed by atoms with van der Waals surface area (Å²) in [6.07, 6.45) is 5.79. The molecule has 4 heteroatoms. The van der Waals surface area contributed by atoms with Crippen molar-refractivity contribution in [2.45, 2.75) is 51.2 Å². The zero-order valence-corrected chi connectivity index (χ0v) is 13.2. The van der Waals surface area contributed by atoms with E-state index < -0.39 is 0 Å². The minimum absolute atomic E-state index is 0.105. The van der Waals surface area contributed by atoms with Crippen LogP contribution in [-0.2, 0) is 6.54 Å². The summed E-state index contributed by atoms with van der Waals surface area (Å²) in [5.41, 5.74) is 0.321. The van der Waals surface area contributed by atoms with Crippen LogP contribution in [0.4, 0.5) is 0 Å². The van der Waals surface area contributed by atoms with Crippen LogP contribution in [0.25, 0.3) is 0 Å². The van der Waals surface area contributed by atoms with Gasteiger partial charge in [0.15, 0.2) is 0 Å². The van der Waals surface area contributed by atoms with E-state index in [4.69, 9.17) is 0 Å². The lowest BCUT2D eigenvalue weighted by atomic mass is 9.92. The molecule has 1 N–H and O–H groups in total. The molecule has 0 amide bonds. The molecular formula is C17H27N3O. The predicted octanol–water partition coefficient (Wildman–Crippen LogP) is 1.70. The molecule has 0 aromatic carbocycles. The Morgan fingerprint density at radius 2 is 2.14 bits per heavy atom. The number of nitrogens with one attached hydrogen (secondary N) is 1. The molecule has 3 rings (SSSR count). The molecule has 2 heterocycles. The first kappa shape index (κ1) is 14.8. The SMILES string of the molecule is CCC1(C)CN(CCn2ccccc2=O)C(C2CC2)CN1. The second-order valence-electron chi connectivity index (χ2n) is 6.90. The van der Waals surface area contributed by atoms with Crippen LogP contribution in [-0.4, -0.2) is 40.7 Å². The van der Waals surface area contributed by atoms with Gasteiger partial charge < -0.3 is 9.88 Å². The van der Waals surface area contributed by atoms with Crippen molar-refractivity contribution in [1.29, 1.82) is 0 Å². The Morgan fingerprint density at radius 1 is 1.33 bits per heavy atom. The topological polar surface area (TPSA) is 37.3 Å². The smallest absolute Gasteiger partial charge is 0.250 e. The zero-order chi connectivity index (χ0) is 14.9. The van der Waals surface area contributed by atoms with Crippen molar-refractivity contribution in [3.8, 4) is 0 Å². The predicted molar refractivity (Wildman–Crippen MR) is 85.5 cm³/mol. The third kappa shape index (κ3) is 3.38. The van der Waals surface area contributed by atoms with Crippen molar-refractivity contribution in [2.75, 3.05) is 19.6 Å².